The van der Waals surface area contributed by atoms with Crippen molar-refractivity contribution in [1.82, 2.24) is 10.6 Å². The Morgan fingerprint density at radius 3 is 2.33 bits per heavy atom. The fourth-order valence-electron chi connectivity index (χ4n) is 3.66. The van der Waals surface area contributed by atoms with E-state index in [2.05, 4.69) is 41.8 Å². The molecule has 0 aromatic heterocycles. The van der Waals surface area contributed by atoms with Crippen molar-refractivity contribution in [2.24, 2.45) is 5.92 Å². The molecule has 4 nitrogen and oxygen atoms in total. The Balaban J connectivity index is 1.66. The molecule has 1 unspecified atom stereocenters. The number of benzene rings is 1. The van der Waals surface area contributed by atoms with Crippen LogP contribution < -0.4 is 10.6 Å². The summed E-state index contributed by atoms with van der Waals surface area (Å²) in [6, 6.07) is 8.61. The Bertz CT molecular complexity index is 572. The monoisotopic (exact) mass is 328 g/mol. The Hall–Kier alpha value is -1.84. The van der Waals surface area contributed by atoms with Crippen LogP contribution in [-0.4, -0.2) is 24.4 Å². The van der Waals surface area contributed by atoms with Crippen LogP contribution in [0.1, 0.15) is 62.0 Å². The van der Waals surface area contributed by atoms with E-state index < -0.39 is 0 Å². The van der Waals surface area contributed by atoms with Crippen molar-refractivity contribution in [3.8, 4) is 0 Å². The molecule has 2 amide bonds. The Morgan fingerprint density at radius 2 is 1.71 bits per heavy atom. The minimum Gasteiger partial charge on any atom is -0.352 e. The number of hydrogen-bond acceptors (Lipinski definition) is 2. The largest absolute Gasteiger partial charge is 0.352 e. The van der Waals surface area contributed by atoms with Gasteiger partial charge in [-0.2, -0.15) is 0 Å². The van der Waals surface area contributed by atoms with Gasteiger partial charge in [0.1, 0.15) is 0 Å². The minimum atomic E-state index is -0.139. The lowest BCUT2D eigenvalue weighted by Gasteiger charge is -2.30. The zero-order chi connectivity index (χ0) is 16.9. The lowest BCUT2D eigenvalue weighted by molar-refractivity contribution is -0.128. The summed E-state index contributed by atoms with van der Waals surface area (Å²) >= 11 is 0. The van der Waals surface area contributed by atoms with Gasteiger partial charge in [-0.25, -0.2) is 0 Å². The van der Waals surface area contributed by atoms with Crippen LogP contribution in [0.15, 0.2) is 24.3 Å². The van der Waals surface area contributed by atoms with E-state index in [-0.39, 0.29) is 24.3 Å². The smallest absolute Gasteiger partial charge is 0.239 e. The van der Waals surface area contributed by atoms with Gasteiger partial charge >= 0.3 is 0 Å². The van der Waals surface area contributed by atoms with E-state index in [4.69, 9.17) is 0 Å². The average molecular weight is 328 g/mol. The second-order valence-electron chi connectivity index (χ2n) is 7.35. The topological polar surface area (TPSA) is 58.2 Å². The highest BCUT2D eigenvalue weighted by molar-refractivity contribution is 5.88. The van der Waals surface area contributed by atoms with Gasteiger partial charge in [0.25, 0.3) is 0 Å². The highest BCUT2D eigenvalue weighted by Crippen LogP contribution is 2.36. The maximum Gasteiger partial charge on any atom is 0.239 e. The van der Waals surface area contributed by atoms with Crippen LogP contribution in [0.2, 0.25) is 0 Å². The molecule has 24 heavy (non-hydrogen) atoms. The van der Waals surface area contributed by atoms with Gasteiger partial charge in [0.15, 0.2) is 0 Å². The summed E-state index contributed by atoms with van der Waals surface area (Å²) in [7, 11) is 0. The van der Waals surface area contributed by atoms with Gasteiger partial charge in [-0.1, -0.05) is 49.1 Å². The van der Waals surface area contributed by atoms with Crippen molar-refractivity contribution in [2.75, 3.05) is 6.54 Å². The first-order chi connectivity index (χ1) is 11.6. The number of carbonyl (C=O) groups is 2. The number of carbonyl (C=O) groups excluding carboxylic acids is 2. The third-order valence-electron chi connectivity index (χ3n) is 5.21. The van der Waals surface area contributed by atoms with Gasteiger partial charge in [0, 0.05) is 6.04 Å². The highest BCUT2D eigenvalue weighted by atomic mass is 16.2. The minimum absolute atomic E-state index is 0.00306. The summed E-state index contributed by atoms with van der Waals surface area (Å²) in [4.78, 5) is 24.7. The molecule has 1 atom stereocenters. The van der Waals surface area contributed by atoms with Crippen LogP contribution in [0.4, 0.5) is 0 Å². The maximum absolute atomic E-state index is 12.8. The summed E-state index contributed by atoms with van der Waals surface area (Å²) in [6.07, 6.45) is 7.98. The van der Waals surface area contributed by atoms with E-state index >= 15 is 0 Å². The molecular formula is C20H28N2O2. The van der Waals surface area contributed by atoms with Gasteiger partial charge in [0.2, 0.25) is 11.8 Å². The fraction of sp³-hybridized carbons (Fsp3) is 0.600. The van der Waals surface area contributed by atoms with Crippen LogP contribution >= 0.6 is 0 Å². The molecule has 3 rings (SSSR count). The quantitative estimate of drug-likeness (QED) is 0.843. The molecule has 2 N–H and O–H groups in total. The molecule has 1 aromatic carbocycles. The zero-order valence-corrected chi connectivity index (χ0v) is 14.5. The first-order valence-electron chi connectivity index (χ1n) is 9.27. The maximum atomic E-state index is 12.8. The summed E-state index contributed by atoms with van der Waals surface area (Å²) in [6.45, 7) is 2.14. The number of hydrogen-bond donors (Lipinski definition) is 2. The third kappa shape index (κ3) is 4.59. The van der Waals surface area contributed by atoms with E-state index in [9.17, 15) is 9.59 Å². The Labute approximate surface area is 144 Å². The normalized spacial score (nSPS) is 19.5. The van der Waals surface area contributed by atoms with E-state index in [0.717, 1.165) is 31.2 Å². The predicted octanol–water partition coefficient (Wildman–Crippen LogP) is 3.05. The van der Waals surface area contributed by atoms with Crippen LogP contribution in [0.25, 0.3) is 0 Å². The molecule has 4 heteroatoms. The van der Waals surface area contributed by atoms with Crippen LogP contribution in [0.5, 0.6) is 0 Å². The molecule has 130 valence electrons. The van der Waals surface area contributed by atoms with Crippen molar-refractivity contribution < 1.29 is 9.59 Å². The summed E-state index contributed by atoms with van der Waals surface area (Å²) in [5.74, 6) is 0.168. The summed E-state index contributed by atoms with van der Waals surface area (Å²) < 4.78 is 0. The molecule has 2 fully saturated rings. The lowest BCUT2D eigenvalue weighted by atomic mass is 9.76. The number of aryl methyl sites for hydroxylation is 1. The summed E-state index contributed by atoms with van der Waals surface area (Å²) in [5, 5.41) is 5.80. The summed E-state index contributed by atoms with van der Waals surface area (Å²) in [5.41, 5.74) is 2.28. The standard InChI is InChI=1S/C20H28N2O2/c1-14-7-9-16(10-8-14)19(15-5-3-2-4-6-15)20(24)21-13-18(23)22-17-11-12-17/h7-10,15,17,19H,2-6,11-13H2,1H3,(H,21,24)(H,22,23). The van der Waals surface area contributed by atoms with E-state index in [0.29, 0.717) is 12.0 Å². The van der Waals surface area contributed by atoms with Crippen molar-refractivity contribution in [3.63, 3.8) is 0 Å². The number of amides is 2. The molecule has 0 heterocycles. The van der Waals surface area contributed by atoms with Gasteiger partial charge in [-0.15, -0.1) is 0 Å². The van der Waals surface area contributed by atoms with Crippen molar-refractivity contribution in [1.29, 1.82) is 0 Å². The average Bonchev–Trinajstić information content (AvgIpc) is 3.40. The van der Waals surface area contributed by atoms with E-state index in [1.807, 2.05) is 0 Å². The Morgan fingerprint density at radius 1 is 1.04 bits per heavy atom. The molecule has 2 saturated carbocycles. The molecule has 0 saturated heterocycles. The van der Waals surface area contributed by atoms with Gasteiger partial charge < -0.3 is 10.6 Å². The highest BCUT2D eigenvalue weighted by Gasteiger charge is 2.31. The first-order valence-corrected chi connectivity index (χ1v) is 9.27. The van der Waals surface area contributed by atoms with Gasteiger partial charge in [-0.3, -0.25) is 9.59 Å². The Kier molecular flexibility index (Phi) is 5.54. The molecule has 2 aliphatic carbocycles. The molecule has 1 aromatic rings. The number of nitrogens with one attached hydrogen (secondary N) is 2. The fourth-order valence-corrected chi connectivity index (χ4v) is 3.66. The van der Waals surface area contributed by atoms with Gasteiger partial charge in [0.05, 0.1) is 12.5 Å². The van der Waals surface area contributed by atoms with E-state index in [1.54, 1.807) is 0 Å². The van der Waals surface area contributed by atoms with Crippen LogP contribution in [0, 0.1) is 12.8 Å². The molecular weight excluding hydrogens is 300 g/mol. The first kappa shape index (κ1) is 17.0. The van der Waals surface area contributed by atoms with Crippen LogP contribution in [-0.2, 0) is 9.59 Å². The van der Waals surface area contributed by atoms with E-state index in [1.165, 1.54) is 24.8 Å². The lowest BCUT2D eigenvalue weighted by Crippen LogP contribution is -2.41. The molecule has 0 bridgehead atoms. The molecule has 0 spiro atoms. The van der Waals surface area contributed by atoms with Crippen molar-refractivity contribution >= 4 is 11.8 Å². The van der Waals surface area contributed by atoms with Gasteiger partial charge in [-0.05, 0) is 44.1 Å². The molecule has 0 aliphatic heterocycles. The third-order valence-corrected chi connectivity index (χ3v) is 5.21. The molecule has 0 radical (unpaired) electrons. The van der Waals surface area contributed by atoms with Crippen molar-refractivity contribution in [3.05, 3.63) is 35.4 Å². The number of rotatable bonds is 6. The van der Waals surface area contributed by atoms with Crippen LogP contribution in [0.3, 0.4) is 0 Å². The zero-order valence-electron chi connectivity index (χ0n) is 14.5. The second-order valence-corrected chi connectivity index (χ2v) is 7.35. The second kappa shape index (κ2) is 7.82. The molecule has 2 aliphatic rings. The predicted molar refractivity (Wildman–Crippen MR) is 94.7 cm³/mol. The SMILES string of the molecule is Cc1ccc(C(C(=O)NCC(=O)NC2CC2)C2CCCCC2)cc1. The van der Waals surface area contributed by atoms with Crippen molar-refractivity contribution in [2.45, 2.75) is 63.8 Å².